The van der Waals surface area contributed by atoms with Crippen LogP contribution in [0.15, 0.2) is 0 Å². The molecule has 1 rings (SSSR count). The van der Waals surface area contributed by atoms with Crippen LogP contribution in [0.1, 0.15) is 46.5 Å². The second-order valence-corrected chi connectivity index (χ2v) is 5.74. The molecule has 0 spiro atoms. The van der Waals surface area contributed by atoms with Gasteiger partial charge in [-0.05, 0) is 32.1 Å². The molecule has 1 aliphatic heterocycles. The molecule has 2 unspecified atom stereocenters. The minimum atomic E-state index is 0.767. The first-order valence-corrected chi connectivity index (χ1v) is 7.76. The lowest BCUT2D eigenvalue weighted by Crippen LogP contribution is -2.44. The van der Waals surface area contributed by atoms with Gasteiger partial charge >= 0.3 is 0 Å². The van der Waals surface area contributed by atoms with E-state index >= 15 is 0 Å². The number of hydrogen-bond acceptors (Lipinski definition) is 3. The maximum absolute atomic E-state index is 5.53. The van der Waals surface area contributed by atoms with Crippen LogP contribution >= 0.6 is 0 Å². The Morgan fingerprint density at radius 3 is 2.78 bits per heavy atom. The summed E-state index contributed by atoms with van der Waals surface area (Å²) < 4.78 is 5.53. The zero-order valence-electron chi connectivity index (χ0n) is 12.6. The molecule has 1 fully saturated rings. The Balaban J connectivity index is 1.93. The number of ether oxygens (including phenoxy) is 1. The molecule has 0 aromatic rings. The Morgan fingerprint density at radius 2 is 2.00 bits per heavy atom. The van der Waals surface area contributed by atoms with Gasteiger partial charge in [-0.2, -0.15) is 0 Å². The van der Waals surface area contributed by atoms with E-state index in [1.165, 1.54) is 38.8 Å². The summed E-state index contributed by atoms with van der Waals surface area (Å²) in [5, 5.41) is 3.48. The van der Waals surface area contributed by atoms with Crippen molar-refractivity contribution in [3.8, 4) is 0 Å². The zero-order chi connectivity index (χ0) is 13.2. The summed E-state index contributed by atoms with van der Waals surface area (Å²) >= 11 is 0. The average molecular weight is 256 g/mol. The Morgan fingerprint density at radius 1 is 1.17 bits per heavy atom. The van der Waals surface area contributed by atoms with E-state index in [0.29, 0.717) is 0 Å². The van der Waals surface area contributed by atoms with Crippen molar-refractivity contribution >= 4 is 0 Å². The monoisotopic (exact) mass is 256 g/mol. The first-order valence-electron chi connectivity index (χ1n) is 7.76. The molecule has 108 valence electrons. The molecular weight excluding hydrogens is 224 g/mol. The summed E-state index contributed by atoms with van der Waals surface area (Å²) in [6.45, 7) is 13.2. The minimum Gasteiger partial charge on any atom is -0.380 e. The van der Waals surface area contributed by atoms with Crippen molar-refractivity contribution in [2.75, 3.05) is 39.4 Å². The third-order valence-electron chi connectivity index (χ3n) is 3.89. The fraction of sp³-hybridized carbons (Fsp3) is 1.00. The lowest BCUT2D eigenvalue weighted by molar-refractivity contribution is 0.118. The first-order chi connectivity index (χ1) is 8.74. The van der Waals surface area contributed by atoms with Gasteiger partial charge in [-0.1, -0.05) is 20.3 Å². The van der Waals surface area contributed by atoms with Crippen molar-refractivity contribution in [1.29, 1.82) is 0 Å². The SMILES string of the molecule is CCCCOCCNCCN1CC(C)CCC1C. The molecule has 1 N–H and O–H groups in total. The fourth-order valence-corrected chi connectivity index (χ4v) is 2.53. The van der Waals surface area contributed by atoms with Crippen molar-refractivity contribution in [1.82, 2.24) is 10.2 Å². The van der Waals surface area contributed by atoms with Crippen LogP contribution < -0.4 is 5.32 Å². The standard InChI is InChI=1S/C15H32N2O/c1-4-5-11-18-12-9-16-8-10-17-13-14(2)6-7-15(17)3/h14-16H,4-13H2,1-3H3. The van der Waals surface area contributed by atoms with E-state index in [1.807, 2.05) is 0 Å². The molecule has 0 radical (unpaired) electrons. The summed E-state index contributed by atoms with van der Waals surface area (Å²) in [6, 6.07) is 0.767. The molecule has 18 heavy (non-hydrogen) atoms. The smallest absolute Gasteiger partial charge is 0.0590 e. The second-order valence-electron chi connectivity index (χ2n) is 5.74. The van der Waals surface area contributed by atoms with Crippen LogP contribution in [0.4, 0.5) is 0 Å². The van der Waals surface area contributed by atoms with Crippen molar-refractivity contribution in [3.05, 3.63) is 0 Å². The van der Waals surface area contributed by atoms with Gasteiger partial charge in [0, 0.05) is 38.8 Å². The predicted molar refractivity (Wildman–Crippen MR) is 78.0 cm³/mol. The van der Waals surface area contributed by atoms with Crippen molar-refractivity contribution in [3.63, 3.8) is 0 Å². The molecule has 0 saturated carbocycles. The second kappa shape index (κ2) is 9.76. The number of rotatable bonds is 9. The highest BCUT2D eigenvalue weighted by molar-refractivity contribution is 4.77. The van der Waals surface area contributed by atoms with Gasteiger partial charge in [0.25, 0.3) is 0 Å². The highest BCUT2D eigenvalue weighted by atomic mass is 16.5. The molecule has 0 aromatic carbocycles. The van der Waals surface area contributed by atoms with E-state index in [4.69, 9.17) is 4.74 Å². The van der Waals surface area contributed by atoms with Crippen LogP contribution in [0, 0.1) is 5.92 Å². The van der Waals surface area contributed by atoms with Gasteiger partial charge in [-0.25, -0.2) is 0 Å². The summed E-state index contributed by atoms with van der Waals surface area (Å²) in [6.07, 6.45) is 5.17. The molecule has 3 heteroatoms. The van der Waals surface area contributed by atoms with Gasteiger partial charge in [0.2, 0.25) is 0 Å². The first kappa shape index (κ1) is 15.9. The normalized spacial score (nSPS) is 25.5. The summed E-state index contributed by atoms with van der Waals surface area (Å²) in [5.41, 5.74) is 0. The predicted octanol–water partition coefficient (Wildman–Crippen LogP) is 2.51. The summed E-state index contributed by atoms with van der Waals surface area (Å²) in [7, 11) is 0. The van der Waals surface area contributed by atoms with Crippen molar-refractivity contribution in [2.45, 2.75) is 52.5 Å². The van der Waals surface area contributed by atoms with Crippen LogP contribution in [0.25, 0.3) is 0 Å². The topological polar surface area (TPSA) is 24.5 Å². The quantitative estimate of drug-likeness (QED) is 0.642. The molecule has 1 heterocycles. The number of piperidine rings is 1. The Labute approximate surface area is 113 Å². The number of likely N-dealkylation sites (tertiary alicyclic amines) is 1. The molecule has 0 aromatic heterocycles. The average Bonchev–Trinajstić information content (AvgIpc) is 2.36. The molecule has 1 aliphatic rings. The van der Waals surface area contributed by atoms with E-state index < -0.39 is 0 Å². The van der Waals surface area contributed by atoms with E-state index in [1.54, 1.807) is 0 Å². The molecule has 0 aliphatic carbocycles. The van der Waals surface area contributed by atoms with Crippen molar-refractivity contribution < 1.29 is 4.74 Å². The Kier molecular flexibility index (Phi) is 8.64. The molecule has 0 amide bonds. The fourth-order valence-electron chi connectivity index (χ4n) is 2.53. The number of hydrogen-bond donors (Lipinski definition) is 1. The Hall–Kier alpha value is -0.120. The maximum Gasteiger partial charge on any atom is 0.0590 e. The highest BCUT2D eigenvalue weighted by Crippen LogP contribution is 2.20. The number of unbranched alkanes of at least 4 members (excludes halogenated alkanes) is 1. The van der Waals surface area contributed by atoms with E-state index in [0.717, 1.165) is 38.3 Å². The molecule has 3 nitrogen and oxygen atoms in total. The van der Waals surface area contributed by atoms with Gasteiger partial charge in [-0.15, -0.1) is 0 Å². The van der Waals surface area contributed by atoms with Crippen LogP contribution in [0.5, 0.6) is 0 Å². The van der Waals surface area contributed by atoms with E-state index in [9.17, 15) is 0 Å². The van der Waals surface area contributed by atoms with Crippen LogP contribution in [0.2, 0.25) is 0 Å². The molecular formula is C15H32N2O. The lowest BCUT2D eigenvalue weighted by atomic mass is 9.95. The molecule has 1 saturated heterocycles. The largest absolute Gasteiger partial charge is 0.380 e. The minimum absolute atomic E-state index is 0.767. The molecule has 2 atom stereocenters. The van der Waals surface area contributed by atoms with Crippen LogP contribution in [-0.4, -0.2) is 50.3 Å². The lowest BCUT2D eigenvalue weighted by Gasteiger charge is -2.36. The molecule has 0 bridgehead atoms. The van der Waals surface area contributed by atoms with E-state index in [-0.39, 0.29) is 0 Å². The number of nitrogens with one attached hydrogen (secondary N) is 1. The summed E-state index contributed by atoms with van der Waals surface area (Å²) in [5.74, 6) is 0.874. The third kappa shape index (κ3) is 6.72. The van der Waals surface area contributed by atoms with Crippen LogP contribution in [-0.2, 0) is 4.74 Å². The van der Waals surface area contributed by atoms with Gasteiger partial charge in [0.05, 0.1) is 6.61 Å². The maximum atomic E-state index is 5.53. The Bertz CT molecular complexity index is 199. The number of nitrogens with zero attached hydrogens (tertiary/aromatic N) is 1. The van der Waals surface area contributed by atoms with Crippen LogP contribution in [0.3, 0.4) is 0 Å². The zero-order valence-corrected chi connectivity index (χ0v) is 12.6. The summed E-state index contributed by atoms with van der Waals surface area (Å²) in [4.78, 5) is 2.62. The van der Waals surface area contributed by atoms with Gasteiger partial charge in [0.1, 0.15) is 0 Å². The van der Waals surface area contributed by atoms with E-state index in [2.05, 4.69) is 31.0 Å². The van der Waals surface area contributed by atoms with Gasteiger partial charge in [-0.3, -0.25) is 4.90 Å². The third-order valence-corrected chi connectivity index (χ3v) is 3.89. The van der Waals surface area contributed by atoms with Gasteiger partial charge < -0.3 is 10.1 Å². The highest BCUT2D eigenvalue weighted by Gasteiger charge is 2.21. The van der Waals surface area contributed by atoms with Gasteiger partial charge in [0.15, 0.2) is 0 Å². The van der Waals surface area contributed by atoms with Crippen molar-refractivity contribution in [2.24, 2.45) is 5.92 Å².